The Hall–Kier alpha value is -0.830. The van der Waals surface area contributed by atoms with Crippen LogP contribution in [0.5, 0.6) is 0 Å². The maximum atomic E-state index is 8.77. The molecule has 0 unspecified atom stereocenters. The quantitative estimate of drug-likeness (QED) is 0.812. The van der Waals surface area contributed by atoms with Gasteiger partial charge in [0.25, 0.3) is 0 Å². The molecular formula is C9H11ClN4S. The van der Waals surface area contributed by atoms with Crippen molar-refractivity contribution in [3.8, 4) is 6.07 Å². The van der Waals surface area contributed by atoms with Gasteiger partial charge in [-0.1, -0.05) is 22.9 Å². The summed E-state index contributed by atoms with van der Waals surface area (Å²) in [6, 6.07) is 2.33. The Bertz CT molecular complexity index is 389. The van der Waals surface area contributed by atoms with Crippen molar-refractivity contribution in [3.63, 3.8) is 0 Å². The predicted molar refractivity (Wildman–Crippen MR) is 61.3 cm³/mol. The van der Waals surface area contributed by atoms with E-state index in [0.29, 0.717) is 16.1 Å². The molecular weight excluding hydrogens is 232 g/mol. The number of thiazole rings is 1. The van der Waals surface area contributed by atoms with Gasteiger partial charge in [-0.2, -0.15) is 5.26 Å². The molecule has 0 atom stereocenters. The average Bonchev–Trinajstić information content (AvgIpc) is 2.61. The van der Waals surface area contributed by atoms with Crippen LogP contribution in [0.4, 0.5) is 5.13 Å². The van der Waals surface area contributed by atoms with Crippen molar-refractivity contribution >= 4 is 28.1 Å². The Kier molecular flexibility index (Phi) is 3.10. The van der Waals surface area contributed by atoms with E-state index in [-0.39, 0.29) is 0 Å². The highest BCUT2D eigenvalue weighted by atomic mass is 35.5. The molecule has 0 saturated carbocycles. The fourth-order valence-electron chi connectivity index (χ4n) is 1.59. The lowest BCUT2D eigenvalue weighted by Gasteiger charge is -2.29. The van der Waals surface area contributed by atoms with E-state index in [4.69, 9.17) is 22.6 Å². The molecule has 0 bridgehead atoms. The van der Waals surface area contributed by atoms with E-state index >= 15 is 0 Å². The highest BCUT2D eigenvalue weighted by molar-refractivity contribution is 7.16. The molecule has 2 heterocycles. The van der Waals surface area contributed by atoms with E-state index in [0.717, 1.165) is 31.1 Å². The third-order valence-corrected chi connectivity index (χ3v) is 3.89. The van der Waals surface area contributed by atoms with E-state index < -0.39 is 0 Å². The number of aromatic nitrogens is 1. The van der Waals surface area contributed by atoms with Gasteiger partial charge >= 0.3 is 0 Å². The Morgan fingerprint density at radius 3 is 2.73 bits per heavy atom. The fourth-order valence-corrected chi connectivity index (χ4v) is 2.68. The monoisotopic (exact) mass is 242 g/mol. The molecule has 1 aromatic rings. The first-order valence-corrected chi connectivity index (χ1v) is 5.97. The van der Waals surface area contributed by atoms with Gasteiger partial charge in [-0.3, -0.25) is 0 Å². The minimum Gasteiger partial charge on any atom is -0.348 e. The van der Waals surface area contributed by atoms with Crippen LogP contribution in [-0.2, 0) is 0 Å². The van der Waals surface area contributed by atoms with Gasteiger partial charge in [0.05, 0.1) is 0 Å². The van der Waals surface area contributed by atoms with E-state index in [9.17, 15) is 0 Å². The van der Waals surface area contributed by atoms with Gasteiger partial charge in [0.15, 0.2) is 10.3 Å². The lowest BCUT2D eigenvalue weighted by Crippen LogP contribution is -2.39. The second kappa shape index (κ2) is 4.35. The Morgan fingerprint density at radius 1 is 1.53 bits per heavy atom. The summed E-state index contributed by atoms with van der Waals surface area (Å²) in [5.41, 5.74) is 5.81. The Balaban J connectivity index is 2.13. The number of nitrogens with zero attached hydrogens (tertiary/aromatic N) is 3. The molecule has 2 rings (SSSR count). The Labute approximate surface area is 97.3 Å². The summed E-state index contributed by atoms with van der Waals surface area (Å²) in [5, 5.41) is 9.92. The molecule has 0 aliphatic carbocycles. The van der Waals surface area contributed by atoms with Gasteiger partial charge in [0, 0.05) is 19.1 Å². The largest absolute Gasteiger partial charge is 0.348 e. The van der Waals surface area contributed by atoms with Crippen molar-refractivity contribution in [2.45, 2.75) is 18.9 Å². The summed E-state index contributed by atoms with van der Waals surface area (Å²) in [6.45, 7) is 1.80. The molecule has 0 amide bonds. The fraction of sp³-hybridized carbons (Fsp3) is 0.556. The second-order valence-electron chi connectivity index (χ2n) is 3.55. The first kappa shape index (κ1) is 10.7. The molecule has 0 radical (unpaired) electrons. The SMILES string of the molecule is N#Cc1sc(N2CCC(N)CC2)nc1Cl. The van der Waals surface area contributed by atoms with Gasteiger partial charge in [-0.25, -0.2) is 4.98 Å². The van der Waals surface area contributed by atoms with Crippen LogP contribution in [-0.4, -0.2) is 24.1 Å². The number of nitriles is 1. The van der Waals surface area contributed by atoms with Crippen molar-refractivity contribution in [2.75, 3.05) is 18.0 Å². The van der Waals surface area contributed by atoms with Crippen LogP contribution >= 0.6 is 22.9 Å². The van der Waals surface area contributed by atoms with Crippen LogP contribution in [0, 0.1) is 11.3 Å². The smallest absolute Gasteiger partial charge is 0.188 e. The molecule has 0 aromatic carbocycles. The first-order valence-electron chi connectivity index (χ1n) is 4.77. The van der Waals surface area contributed by atoms with Crippen LogP contribution < -0.4 is 10.6 Å². The van der Waals surface area contributed by atoms with Crippen molar-refractivity contribution in [3.05, 3.63) is 10.0 Å². The predicted octanol–water partition coefficient (Wildman–Crippen LogP) is 1.60. The number of rotatable bonds is 1. The van der Waals surface area contributed by atoms with Crippen LogP contribution in [0.2, 0.25) is 5.15 Å². The number of hydrogen-bond acceptors (Lipinski definition) is 5. The maximum absolute atomic E-state index is 8.77. The van der Waals surface area contributed by atoms with Crippen molar-refractivity contribution in [1.82, 2.24) is 4.98 Å². The lowest BCUT2D eigenvalue weighted by molar-refractivity contribution is 0.501. The third-order valence-electron chi connectivity index (χ3n) is 2.49. The highest BCUT2D eigenvalue weighted by Gasteiger charge is 2.20. The molecule has 6 heteroatoms. The summed E-state index contributed by atoms with van der Waals surface area (Å²) in [7, 11) is 0. The topological polar surface area (TPSA) is 65.9 Å². The lowest BCUT2D eigenvalue weighted by atomic mass is 10.1. The molecule has 1 fully saturated rings. The molecule has 2 N–H and O–H groups in total. The minimum absolute atomic E-state index is 0.298. The van der Waals surface area contributed by atoms with Crippen LogP contribution in [0.15, 0.2) is 0 Å². The van der Waals surface area contributed by atoms with E-state index in [1.807, 2.05) is 6.07 Å². The maximum Gasteiger partial charge on any atom is 0.188 e. The van der Waals surface area contributed by atoms with Crippen molar-refractivity contribution in [1.29, 1.82) is 5.26 Å². The standard InChI is InChI=1S/C9H11ClN4S/c10-8-7(5-11)15-9(13-8)14-3-1-6(12)2-4-14/h6H,1-4,12H2. The van der Waals surface area contributed by atoms with Crippen molar-refractivity contribution in [2.24, 2.45) is 5.73 Å². The first-order chi connectivity index (χ1) is 7.20. The van der Waals surface area contributed by atoms with Crippen LogP contribution in [0.25, 0.3) is 0 Å². The summed E-state index contributed by atoms with van der Waals surface area (Å²) in [5.74, 6) is 0. The zero-order valence-corrected chi connectivity index (χ0v) is 9.68. The molecule has 15 heavy (non-hydrogen) atoms. The van der Waals surface area contributed by atoms with E-state index in [2.05, 4.69) is 9.88 Å². The van der Waals surface area contributed by atoms with E-state index in [1.165, 1.54) is 11.3 Å². The molecule has 4 nitrogen and oxygen atoms in total. The summed E-state index contributed by atoms with van der Waals surface area (Å²) in [6.07, 6.45) is 1.94. The molecule has 1 aliphatic rings. The third kappa shape index (κ3) is 2.23. The number of nitrogens with two attached hydrogens (primary N) is 1. The van der Waals surface area contributed by atoms with Gasteiger partial charge in [0.1, 0.15) is 10.9 Å². The number of halogens is 1. The molecule has 1 aromatic heterocycles. The number of hydrogen-bond donors (Lipinski definition) is 1. The average molecular weight is 243 g/mol. The summed E-state index contributed by atoms with van der Waals surface area (Å²) < 4.78 is 0. The van der Waals surface area contributed by atoms with Gasteiger partial charge in [-0.15, -0.1) is 0 Å². The zero-order chi connectivity index (χ0) is 10.8. The molecule has 1 aliphatic heterocycles. The highest BCUT2D eigenvalue weighted by Crippen LogP contribution is 2.30. The molecule has 1 saturated heterocycles. The minimum atomic E-state index is 0.298. The molecule has 80 valence electrons. The number of piperidine rings is 1. The Morgan fingerprint density at radius 2 is 2.20 bits per heavy atom. The normalized spacial score (nSPS) is 17.8. The van der Waals surface area contributed by atoms with Gasteiger partial charge in [0.2, 0.25) is 0 Å². The van der Waals surface area contributed by atoms with Gasteiger partial charge in [-0.05, 0) is 12.8 Å². The van der Waals surface area contributed by atoms with Crippen LogP contribution in [0.1, 0.15) is 17.7 Å². The summed E-state index contributed by atoms with van der Waals surface area (Å²) in [4.78, 5) is 6.80. The number of anilines is 1. The molecule has 0 spiro atoms. The van der Waals surface area contributed by atoms with Crippen LogP contribution in [0.3, 0.4) is 0 Å². The summed E-state index contributed by atoms with van der Waals surface area (Å²) >= 11 is 7.17. The van der Waals surface area contributed by atoms with Crippen molar-refractivity contribution < 1.29 is 0 Å². The second-order valence-corrected chi connectivity index (χ2v) is 4.89. The van der Waals surface area contributed by atoms with E-state index in [1.54, 1.807) is 0 Å². The zero-order valence-electron chi connectivity index (χ0n) is 8.11. The van der Waals surface area contributed by atoms with Gasteiger partial charge < -0.3 is 10.6 Å².